The van der Waals surface area contributed by atoms with Gasteiger partial charge < -0.3 is 4.57 Å². The highest BCUT2D eigenvalue weighted by molar-refractivity contribution is 14.1. The van der Waals surface area contributed by atoms with Crippen molar-refractivity contribution in [2.45, 2.75) is 38.6 Å². The molecular formula is C17H19IN2. The van der Waals surface area contributed by atoms with Gasteiger partial charge >= 0.3 is 0 Å². The predicted octanol–water partition coefficient (Wildman–Crippen LogP) is 5.27. The third-order valence-electron chi connectivity index (χ3n) is 3.99. The third-order valence-corrected chi connectivity index (χ3v) is 5.20. The smallest absolute Gasteiger partial charge is 0.0633 e. The number of halogens is 1. The van der Waals surface area contributed by atoms with Crippen molar-refractivity contribution in [3.63, 3.8) is 0 Å². The Kier molecular flexibility index (Phi) is 4.24. The van der Waals surface area contributed by atoms with Crippen LogP contribution in [0.3, 0.4) is 0 Å². The van der Waals surface area contributed by atoms with Crippen LogP contribution in [0.1, 0.15) is 42.9 Å². The summed E-state index contributed by atoms with van der Waals surface area (Å²) in [4.78, 5) is 4.58. The summed E-state index contributed by atoms with van der Waals surface area (Å²) in [6, 6.07) is 9.18. The van der Waals surface area contributed by atoms with Gasteiger partial charge in [-0.3, -0.25) is 4.99 Å². The van der Waals surface area contributed by atoms with Crippen molar-refractivity contribution in [2.24, 2.45) is 4.99 Å². The van der Waals surface area contributed by atoms with Gasteiger partial charge in [-0.15, -0.1) is 0 Å². The van der Waals surface area contributed by atoms with Crippen molar-refractivity contribution in [3.05, 3.63) is 51.4 Å². The van der Waals surface area contributed by atoms with E-state index in [1.165, 1.54) is 40.4 Å². The van der Waals surface area contributed by atoms with Gasteiger partial charge in [0, 0.05) is 33.8 Å². The van der Waals surface area contributed by atoms with Gasteiger partial charge in [0.25, 0.3) is 0 Å². The van der Waals surface area contributed by atoms with E-state index in [4.69, 9.17) is 0 Å². The largest absolute Gasteiger partial charge is 0.351 e. The molecule has 0 amide bonds. The molecule has 0 unspecified atom stereocenters. The molecule has 0 spiro atoms. The Morgan fingerprint density at radius 1 is 1.25 bits per heavy atom. The fourth-order valence-corrected chi connectivity index (χ4v) is 3.13. The van der Waals surface area contributed by atoms with Gasteiger partial charge in [-0.2, -0.15) is 0 Å². The zero-order valence-electron chi connectivity index (χ0n) is 11.7. The number of hydrogen-bond donors (Lipinski definition) is 0. The van der Waals surface area contributed by atoms with Crippen molar-refractivity contribution in [1.29, 1.82) is 0 Å². The monoisotopic (exact) mass is 378 g/mol. The summed E-state index contributed by atoms with van der Waals surface area (Å²) >= 11 is 2.35. The van der Waals surface area contributed by atoms with Gasteiger partial charge in [0.1, 0.15) is 0 Å². The van der Waals surface area contributed by atoms with Crippen molar-refractivity contribution in [3.8, 4) is 0 Å². The summed E-state index contributed by atoms with van der Waals surface area (Å²) < 4.78 is 3.64. The van der Waals surface area contributed by atoms with E-state index < -0.39 is 0 Å². The summed E-state index contributed by atoms with van der Waals surface area (Å²) in [5, 5.41) is 0. The molecular weight excluding hydrogens is 359 g/mol. The molecule has 0 bridgehead atoms. The second kappa shape index (κ2) is 6.12. The maximum atomic E-state index is 4.58. The number of hydrogen-bond acceptors (Lipinski definition) is 1. The van der Waals surface area contributed by atoms with Crippen molar-refractivity contribution in [2.75, 3.05) is 0 Å². The molecule has 1 fully saturated rings. The lowest BCUT2D eigenvalue weighted by molar-refractivity contribution is 0.521. The van der Waals surface area contributed by atoms with Crippen LogP contribution in [-0.2, 0) is 0 Å². The number of rotatable bonds is 3. The minimum absolute atomic E-state index is 0.706. The van der Waals surface area contributed by atoms with Crippen LogP contribution in [0, 0.1) is 10.5 Å². The number of nitrogens with zero attached hydrogens (tertiary/aromatic N) is 2. The van der Waals surface area contributed by atoms with E-state index >= 15 is 0 Å². The van der Waals surface area contributed by atoms with Crippen LogP contribution in [0.25, 0.3) is 0 Å². The first-order chi connectivity index (χ1) is 9.72. The van der Waals surface area contributed by atoms with E-state index in [-0.39, 0.29) is 0 Å². The standard InChI is InChI=1S/C17H19IN2/c1-13-10-15(6-7-17(13)18)19-11-14-8-9-20(12-14)16-4-2-3-5-16/h6-12,16H,2-5H2,1H3. The quantitative estimate of drug-likeness (QED) is 0.512. The minimum Gasteiger partial charge on any atom is -0.351 e. The van der Waals surface area contributed by atoms with Crippen molar-refractivity contribution >= 4 is 34.5 Å². The molecule has 3 heteroatoms. The van der Waals surface area contributed by atoms with E-state index in [2.05, 4.69) is 75.7 Å². The Morgan fingerprint density at radius 2 is 2.05 bits per heavy atom. The summed E-state index contributed by atoms with van der Waals surface area (Å²) in [5.41, 5.74) is 3.49. The number of aryl methyl sites for hydroxylation is 1. The summed E-state index contributed by atoms with van der Waals surface area (Å²) in [6.07, 6.45) is 11.8. The lowest BCUT2D eigenvalue weighted by Gasteiger charge is -2.10. The first kappa shape index (κ1) is 13.9. The number of benzene rings is 1. The second-order valence-corrected chi connectivity index (χ2v) is 6.68. The molecule has 20 heavy (non-hydrogen) atoms. The SMILES string of the molecule is Cc1cc(N=Cc2ccn(C3CCCC3)c2)ccc1I. The summed E-state index contributed by atoms with van der Waals surface area (Å²) in [7, 11) is 0. The lowest BCUT2D eigenvalue weighted by Crippen LogP contribution is -2.00. The zero-order chi connectivity index (χ0) is 13.9. The van der Waals surface area contributed by atoms with Crippen LogP contribution in [0.2, 0.25) is 0 Å². The van der Waals surface area contributed by atoms with E-state index in [0.29, 0.717) is 6.04 Å². The molecule has 104 valence electrons. The van der Waals surface area contributed by atoms with Crippen LogP contribution in [0.4, 0.5) is 5.69 Å². The number of aliphatic imine (C=N–C) groups is 1. The molecule has 1 heterocycles. The molecule has 0 N–H and O–H groups in total. The molecule has 3 rings (SSSR count). The molecule has 1 aliphatic carbocycles. The fraction of sp³-hybridized carbons (Fsp3) is 0.353. The van der Waals surface area contributed by atoms with E-state index in [9.17, 15) is 0 Å². The topological polar surface area (TPSA) is 17.3 Å². The van der Waals surface area contributed by atoms with Gasteiger partial charge in [0.15, 0.2) is 0 Å². The molecule has 2 nitrogen and oxygen atoms in total. The highest BCUT2D eigenvalue weighted by atomic mass is 127. The van der Waals surface area contributed by atoms with Crippen LogP contribution in [0.5, 0.6) is 0 Å². The zero-order valence-corrected chi connectivity index (χ0v) is 13.9. The maximum absolute atomic E-state index is 4.58. The Hall–Kier alpha value is -1.10. The van der Waals surface area contributed by atoms with Gasteiger partial charge in [0.2, 0.25) is 0 Å². The third kappa shape index (κ3) is 3.14. The number of aromatic nitrogens is 1. The van der Waals surface area contributed by atoms with E-state index in [0.717, 1.165) is 5.69 Å². The average molecular weight is 378 g/mol. The highest BCUT2D eigenvalue weighted by Gasteiger charge is 2.15. The van der Waals surface area contributed by atoms with E-state index in [1.54, 1.807) is 0 Å². The Morgan fingerprint density at radius 3 is 2.80 bits per heavy atom. The maximum Gasteiger partial charge on any atom is 0.0633 e. The van der Waals surface area contributed by atoms with Crippen LogP contribution in [-0.4, -0.2) is 10.8 Å². The second-order valence-electron chi connectivity index (χ2n) is 5.52. The molecule has 1 aliphatic rings. The van der Waals surface area contributed by atoms with Gasteiger partial charge in [0.05, 0.1) is 5.69 Å². The van der Waals surface area contributed by atoms with Crippen LogP contribution < -0.4 is 0 Å². The molecule has 0 atom stereocenters. The Bertz CT molecular complexity index is 622. The van der Waals surface area contributed by atoms with Gasteiger partial charge in [-0.1, -0.05) is 12.8 Å². The van der Waals surface area contributed by atoms with E-state index in [1.807, 2.05) is 6.21 Å². The van der Waals surface area contributed by atoms with Crippen molar-refractivity contribution < 1.29 is 0 Å². The first-order valence-electron chi connectivity index (χ1n) is 7.20. The summed E-state index contributed by atoms with van der Waals surface area (Å²) in [5.74, 6) is 0. The van der Waals surface area contributed by atoms with Gasteiger partial charge in [-0.05, 0) is 72.2 Å². The Balaban J connectivity index is 1.73. The minimum atomic E-state index is 0.706. The predicted molar refractivity (Wildman–Crippen MR) is 93.1 cm³/mol. The molecule has 1 aromatic heterocycles. The molecule has 0 radical (unpaired) electrons. The lowest BCUT2D eigenvalue weighted by atomic mass is 10.2. The highest BCUT2D eigenvalue weighted by Crippen LogP contribution is 2.29. The molecule has 1 saturated carbocycles. The normalized spacial score (nSPS) is 16.3. The molecule has 0 aliphatic heterocycles. The van der Waals surface area contributed by atoms with Gasteiger partial charge in [-0.25, -0.2) is 0 Å². The summed E-state index contributed by atoms with van der Waals surface area (Å²) in [6.45, 7) is 2.12. The fourth-order valence-electron chi connectivity index (χ4n) is 2.79. The van der Waals surface area contributed by atoms with Crippen LogP contribution >= 0.6 is 22.6 Å². The van der Waals surface area contributed by atoms with Crippen molar-refractivity contribution in [1.82, 2.24) is 4.57 Å². The average Bonchev–Trinajstić information content (AvgIpc) is 3.09. The molecule has 2 aromatic rings. The van der Waals surface area contributed by atoms with Crippen LogP contribution in [0.15, 0.2) is 41.7 Å². The Labute approximate surface area is 134 Å². The molecule has 0 saturated heterocycles. The first-order valence-corrected chi connectivity index (χ1v) is 8.28. The molecule has 1 aromatic carbocycles.